The Kier molecular flexibility index (Phi) is 6.38. The number of esters is 2. The lowest BCUT2D eigenvalue weighted by Gasteiger charge is -2.24. The molecule has 0 radical (unpaired) electrons. The van der Waals surface area contributed by atoms with Gasteiger partial charge in [0.2, 0.25) is 0 Å². The van der Waals surface area contributed by atoms with E-state index in [1.165, 1.54) is 31.0 Å². The van der Waals surface area contributed by atoms with Gasteiger partial charge in [0, 0.05) is 0 Å². The van der Waals surface area contributed by atoms with E-state index in [2.05, 4.69) is 45.0 Å². The molecular formula is C28H32N4O4. The molecule has 8 nitrogen and oxygen atoms in total. The number of nitrogens with one attached hydrogen (secondary N) is 2. The van der Waals surface area contributed by atoms with Crippen LogP contribution in [0.25, 0.3) is 11.1 Å². The van der Waals surface area contributed by atoms with Gasteiger partial charge in [-0.05, 0) is 98.8 Å². The average molecular weight is 489 g/mol. The molecule has 0 bridgehead atoms. The second-order valence-electron chi connectivity index (χ2n) is 10.6. The summed E-state index contributed by atoms with van der Waals surface area (Å²) >= 11 is 0. The highest BCUT2D eigenvalue weighted by Gasteiger charge is 2.54. The lowest BCUT2D eigenvalue weighted by Crippen LogP contribution is -2.34. The van der Waals surface area contributed by atoms with Crippen LogP contribution in [0.15, 0.2) is 48.7 Å². The molecule has 2 aromatic carbocycles. The molecule has 1 atom stereocenters. The number of carbonyl (C=O) groups is 2. The number of aromatic nitrogens is 3. The van der Waals surface area contributed by atoms with Crippen LogP contribution in [-0.2, 0) is 9.47 Å². The third-order valence-corrected chi connectivity index (χ3v) is 7.42. The standard InChI is InChI=1S/C28H32N4O4/c1-18-14-21(25(33)36-27(2,3)17-35-26(34)24-16-30-32-31-24)8-9-22(18)19-4-6-20(7-5-19)23-15-28(23)10-12-29-13-11-28/h4-9,14,16,23,29H,10-13,15,17H2,1-3H3,(H,30,31,32). The monoisotopic (exact) mass is 488 g/mol. The molecule has 1 aromatic heterocycles. The zero-order chi connectivity index (χ0) is 25.3. The third-order valence-electron chi connectivity index (χ3n) is 7.42. The first-order chi connectivity index (χ1) is 17.3. The van der Waals surface area contributed by atoms with Crippen molar-refractivity contribution in [3.8, 4) is 11.1 Å². The summed E-state index contributed by atoms with van der Waals surface area (Å²) in [5.74, 6) is -0.416. The fraction of sp³-hybridized carbons (Fsp3) is 0.429. The summed E-state index contributed by atoms with van der Waals surface area (Å²) in [5.41, 5.74) is 4.69. The first-order valence-corrected chi connectivity index (χ1v) is 12.4. The topological polar surface area (TPSA) is 106 Å². The molecule has 1 spiro atoms. The van der Waals surface area contributed by atoms with E-state index < -0.39 is 17.5 Å². The van der Waals surface area contributed by atoms with Crippen molar-refractivity contribution in [2.75, 3.05) is 19.7 Å². The Morgan fingerprint density at radius 1 is 1.08 bits per heavy atom. The van der Waals surface area contributed by atoms with Gasteiger partial charge in [-0.1, -0.05) is 30.3 Å². The van der Waals surface area contributed by atoms with Gasteiger partial charge in [0.05, 0.1) is 11.8 Å². The Morgan fingerprint density at radius 3 is 2.50 bits per heavy atom. The van der Waals surface area contributed by atoms with Crippen molar-refractivity contribution < 1.29 is 19.1 Å². The lowest BCUT2D eigenvalue weighted by atomic mass is 9.89. The van der Waals surface area contributed by atoms with Crippen LogP contribution in [-0.4, -0.2) is 52.6 Å². The van der Waals surface area contributed by atoms with E-state index in [1.54, 1.807) is 19.9 Å². The number of benzene rings is 2. The molecule has 2 N–H and O–H groups in total. The molecule has 3 aromatic rings. The zero-order valence-corrected chi connectivity index (χ0v) is 21.0. The first-order valence-electron chi connectivity index (χ1n) is 12.4. The molecule has 5 rings (SSSR count). The zero-order valence-electron chi connectivity index (χ0n) is 21.0. The maximum Gasteiger partial charge on any atom is 0.360 e. The lowest BCUT2D eigenvalue weighted by molar-refractivity contribution is -0.0372. The van der Waals surface area contributed by atoms with E-state index >= 15 is 0 Å². The van der Waals surface area contributed by atoms with E-state index in [4.69, 9.17) is 9.47 Å². The number of ether oxygens (including phenoxy) is 2. The maximum atomic E-state index is 12.8. The molecule has 1 aliphatic heterocycles. The van der Waals surface area contributed by atoms with Crippen LogP contribution in [0.4, 0.5) is 0 Å². The average Bonchev–Trinajstić information content (AvgIpc) is 3.27. The Balaban J connectivity index is 1.21. The SMILES string of the molecule is Cc1cc(C(=O)OC(C)(C)COC(=O)c2cn[nH]n2)ccc1-c1ccc(C2CC23CCNCC3)cc1. The van der Waals surface area contributed by atoms with E-state index in [0.29, 0.717) is 16.9 Å². The van der Waals surface area contributed by atoms with Gasteiger partial charge in [0.25, 0.3) is 0 Å². The largest absolute Gasteiger partial charge is 0.457 e. The van der Waals surface area contributed by atoms with Crippen LogP contribution in [0, 0.1) is 12.3 Å². The molecule has 8 heteroatoms. The summed E-state index contributed by atoms with van der Waals surface area (Å²) in [6.45, 7) is 7.54. The van der Waals surface area contributed by atoms with Crippen molar-refractivity contribution in [3.63, 3.8) is 0 Å². The van der Waals surface area contributed by atoms with Crippen LogP contribution in [0.1, 0.15) is 71.0 Å². The van der Waals surface area contributed by atoms with Crippen molar-refractivity contribution in [3.05, 3.63) is 71.0 Å². The fourth-order valence-corrected chi connectivity index (χ4v) is 5.26. The molecule has 1 saturated heterocycles. The molecule has 0 amide bonds. The summed E-state index contributed by atoms with van der Waals surface area (Å²) < 4.78 is 10.8. The highest BCUT2D eigenvalue weighted by Crippen LogP contribution is 2.64. The molecule has 1 aliphatic carbocycles. The van der Waals surface area contributed by atoms with Crippen molar-refractivity contribution in [2.24, 2.45) is 5.41 Å². The number of piperidine rings is 1. The molecular weight excluding hydrogens is 456 g/mol. The van der Waals surface area contributed by atoms with E-state index in [-0.39, 0.29) is 12.3 Å². The Morgan fingerprint density at radius 2 is 1.83 bits per heavy atom. The first kappa shape index (κ1) is 24.2. The number of nitrogens with zero attached hydrogens (tertiary/aromatic N) is 2. The highest BCUT2D eigenvalue weighted by atomic mass is 16.6. The molecule has 1 saturated carbocycles. The minimum Gasteiger partial charge on any atom is -0.457 e. The fourth-order valence-electron chi connectivity index (χ4n) is 5.26. The Bertz CT molecular complexity index is 1250. The van der Waals surface area contributed by atoms with Gasteiger partial charge >= 0.3 is 11.9 Å². The number of H-pyrrole nitrogens is 1. The second kappa shape index (κ2) is 9.50. The van der Waals surface area contributed by atoms with Gasteiger partial charge in [0.15, 0.2) is 5.69 Å². The number of aryl methyl sites for hydroxylation is 1. The number of rotatable bonds is 7. The van der Waals surface area contributed by atoms with Gasteiger partial charge < -0.3 is 14.8 Å². The van der Waals surface area contributed by atoms with E-state index in [0.717, 1.165) is 29.8 Å². The summed E-state index contributed by atoms with van der Waals surface area (Å²) in [7, 11) is 0. The Labute approximate surface area is 210 Å². The number of aromatic amines is 1. The molecule has 36 heavy (non-hydrogen) atoms. The van der Waals surface area contributed by atoms with Crippen LogP contribution in [0.2, 0.25) is 0 Å². The highest BCUT2D eigenvalue weighted by molar-refractivity contribution is 5.91. The van der Waals surface area contributed by atoms with Gasteiger partial charge in [-0.2, -0.15) is 10.3 Å². The molecule has 2 aliphatic rings. The number of carbonyl (C=O) groups excluding carboxylic acids is 2. The van der Waals surface area contributed by atoms with E-state index in [1.807, 2.05) is 19.1 Å². The van der Waals surface area contributed by atoms with Crippen LogP contribution in [0.5, 0.6) is 0 Å². The maximum absolute atomic E-state index is 12.8. The van der Waals surface area contributed by atoms with Crippen LogP contribution >= 0.6 is 0 Å². The van der Waals surface area contributed by atoms with Gasteiger partial charge in [-0.3, -0.25) is 0 Å². The van der Waals surface area contributed by atoms with Crippen molar-refractivity contribution in [1.29, 1.82) is 0 Å². The summed E-state index contributed by atoms with van der Waals surface area (Å²) in [5, 5.41) is 13.1. The quantitative estimate of drug-likeness (QED) is 0.474. The Hall–Kier alpha value is -3.52. The normalized spacial score (nSPS) is 18.6. The summed E-state index contributed by atoms with van der Waals surface area (Å²) in [4.78, 5) is 24.8. The van der Waals surface area contributed by atoms with E-state index in [9.17, 15) is 9.59 Å². The van der Waals surface area contributed by atoms with Crippen LogP contribution in [0.3, 0.4) is 0 Å². The predicted octanol–water partition coefficient (Wildman–Crippen LogP) is 4.43. The van der Waals surface area contributed by atoms with Gasteiger partial charge in [-0.15, -0.1) is 5.10 Å². The smallest absolute Gasteiger partial charge is 0.360 e. The minimum absolute atomic E-state index is 0.0688. The van der Waals surface area contributed by atoms with Gasteiger partial charge in [0.1, 0.15) is 12.2 Å². The van der Waals surface area contributed by atoms with Crippen molar-refractivity contribution in [2.45, 2.75) is 51.6 Å². The molecule has 188 valence electrons. The van der Waals surface area contributed by atoms with Gasteiger partial charge in [-0.25, -0.2) is 9.59 Å². The van der Waals surface area contributed by atoms with Crippen molar-refractivity contribution >= 4 is 11.9 Å². The minimum atomic E-state index is -1.01. The van der Waals surface area contributed by atoms with Crippen LogP contribution < -0.4 is 5.32 Å². The third kappa shape index (κ3) is 5.04. The molecule has 2 fully saturated rings. The predicted molar refractivity (Wildman–Crippen MR) is 135 cm³/mol. The molecule has 1 unspecified atom stereocenters. The molecule has 2 heterocycles. The summed E-state index contributed by atoms with van der Waals surface area (Å²) in [6, 6.07) is 14.5. The second-order valence-corrected chi connectivity index (χ2v) is 10.6. The van der Waals surface area contributed by atoms with Crippen molar-refractivity contribution in [1.82, 2.24) is 20.7 Å². The number of hydrogen-bond donors (Lipinski definition) is 2. The number of hydrogen-bond acceptors (Lipinski definition) is 7. The summed E-state index contributed by atoms with van der Waals surface area (Å²) in [6.07, 6.45) is 5.13.